The molecule has 2 heterocycles. The van der Waals surface area contributed by atoms with Crippen molar-refractivity contribution in [3.63, 3.8) is 0 Å². The number of anilines is 4. The summed E-state index contributed by atoms with van der Waals surface area (Å²) in [7, 11) is 2.15. The molecule has 174 valence electrons. The van der Waals surface area contributed by atoms with Crippen LogP contribution in [0.5, 0.6) is 11.5 Å². The zero-order chi connectivity index (χ0) is 23.2. The molecule has 0 bridgehead atoms. The summed E-state index contributed by atoms with van der Waals surface area (Å²) in [5, 5.41) is 6.66. The van der Waals surface area contributed by atoms with E-state index in [-0.39, 0.29) is 6.10 Å². The molecule has 4 rings (SSSR count). The van der Waals surface area contributed by atoms with Crippen LogP contribution in [0.1, 0.15) is 25.3 Å². The molecule has 0 atom stereocenters. The van der Waals surface area contributed by atoms with E-state index in [0.717, 1.165) is 53.1 Å². The van der Waals surface area contributed by atoms with Crippen LogP contribution in [0.4, 0.5) is 23.1 Å². The second kappa shape index (κ2) is 10.9. The second-order valence-corrected chi connectivity index (χ2v) is 9.02. The Bertz CT molecular complexity index is 1090. The molecular weight excluding hydrogens is 482 g/mol. The minimum atomic E-state index is 0.236. The van der Waals surface area contributed by atoms with Crippen LogP contribution in [0.15, 0.2) is 53.1 Å². The molecule has 0 unspecified atom stereocenters. The van der Waals surface area contributed by atoms with Crippen molar-refractivity contribution >= 4 is 39.1 Å². The number of ether oxygens (including phenoxy) is 2. The van der Waals surface area contributed by atoms with E-state index in [4.69, 9.17) is 9.47 Å². The molecule has 0 amide bonds. The largest absolute Gasteiger partial charge is 0.492 e. The van der Waals surface area contributed by atoms with Gasteiger partial charge in [-0.15, -0.1) is 0 Å². The summed E-state index contributed by atoms with van der Waals surface area (Å²) in [4.78, 5) is 11.4. The first-order valence-electron chi connectivity index (χ1n) is 11.3. The van der Waals surface area contributed by atoms with Crippen molar-refractivity contribution in [2.45, 2.75) is 32.8 Å². The van der Waals surface area contributed by atoms with Crippen LogP contribution in [0.2, 0.25) is 0 Å². The van der Waals surface area contributed by atoms with Crippen molar-refractivity contribution < 1.29 is 9.47 Å². The van der Waals surface area contributed by atoms with Crippen LogP contribution in [-0.2, 0) is 0 Å². The zero-order valence-corrected chi connectivity index (χ0v) is 20.9. The fraction of sp³-hybridized carbons (Fsp3) is 0.360. The van der Waals surface area contributed by atoms with E-state index in [1.54, 1.807) is 6.20 Å². The van der Waals surface area contributed by atoms with Gasteiger partial charge in [0, 0.05) is 31.0 Å². The number of hydrogen-bond acceptors (Lipinski definition) is 7. The molecule has 3 aromatic rings. The molecule has 2 N–H and O–H groups in total. The van der Waals surface area contributed by atoms with Crippen LogP contribution in [0.3, 0.4) is 0 Å². The number of aryl methyl sites for hydroxylation is 1. The fourth-order valence-electron chi connectivity index (χ4n) is 3.73. The highest BCUT2D eigenvalue weighted by Crippen LogP contribution is 2.33. The number of piperidine rings is 1. The van der Waals surface area contributed by atoms with Crippen molar-refractivity contribution in [2.24, 2.45) is 0 Å². The van der Waals surface area contributed by atoms with Crippen molar-refractivity contribution in [1.29, 1.82) is 0 Å². The summed E-state index contributed by atoms with van der Waals surface area (Å²) in [6.45, 7) is 6.69. The summed E-state index contributed by atoms with van der Waals surface area (Å²) >= 11 is 3.54. The van der Waals surface area contributed by atoms with Gasteiger partial charge in [-0.3, -0.25) is 0 Å². The van der Waals surface area contributed by atoms with E-state index in [9.17, 15) is 0 Å². The van der Waals surface area contributed by atoms with Gasteiger partial charge in [0.25, 0.3) is 0 Å². The Kier molecular flexibility index (Phi) is 7.67. The van der Waals surface area contributed by atoms with Gasteiger partial charge in [0.05, 0.1) is 16.8 Å². The lowest BCUT2D eigenvalue weighted by atomic mass is 10.1. The zero-order valence-electron chi connectivity index (χ0n) is 19.3. The molecule has 2 aromatic carbocycles. The summed E-state index contributed by atoms with van der Waals surface area (Å²) in [6.07, 6.45) is 4.03. The monoisotopic (exact) mass is 511 g/mol. The van der Waals surface area contributed by atoms with E-state index < -0.39 is 0 Å². The predicted octanol–water partition coefficient (Wildman–Crippen LogP) is 5.91. The highest BCUT2D eigenvalue weighted by molar-refractivity contribution is 9.10. The van der Waals surface area contributed by atoms with E-state index >= 15 is 0 Å². The Morgan fingerprint density at radius 2 is 1.88 bits per heavy atom. The van der Waals surface area contributed by atoms with E-state index in [2.05, 4.69) is 61.5 Å². The maximum Gasteiger partial charge on any atom is 0.229 e. The number of nitrogens with zero attached hydrogens (tertiary/aromatic N) is 3. The Labute approximate surface area is 203 Å². The van der Waals surface area contributed by atoms with Crippen molar-refractivity contribution in [1.82, 2.24) is 14.9 Å². The molecule has 1 aliphatic heterocycles. The van der Waals surface area contributed by atoms with Crippen molar-refractivity contribution in [2.75, 3.05) is 37.4 Å². The van der Waals surface area contributed by atoms with Gasteiger partial charge in [-0.05, 0) is 73.4 Å². The Hall–Kier alpha value is -2.84. The normalized spacial score (nSPS) is 14.7. The Morgan fingerprint density at radius 1 is 1.09 bits per heavy atom. The van der Waals surface area contributed by atoms with Gasteiger partial charge in [-0.1, -0.05) is 18.2 Å². The van der Waals surface area contributed by atoms with Gasteiger partial charge in [-0.25, -0.2) is 4.98 Å². The summed E-state index contributed by atoms with van der Waals surface area (Å²) in [5.41, 5.74) is 2.92. The van der Waals surface area contributed by atoms with Crippen LogP contribution in [0, 0.1) is 6.92 Å². The summed E-state index contributed by atoms with van der Waals surface area (Å²) in [5.74, 6) is 2.68. The Morgan fingerprint density at radius 3 is 2.64 bits per heavy atom. The van der Waals surface area contributed by atoms with Gasteiger partial charge in [-0.2, -0.15) is 4.98 Å². The highest BCUT2D eigenvalue weighted by Gasteiger charge is 2.19. The second-order valence-electron chi connectivity index (χ2n) is 8.17. The van der Waals surface area contributed by atoms with Crippen LogP contribution >= 0.6 is 15.9 Å². The first-order valence-corrected chi connectivity index (χ1v) is 12.1. The molecule has 0 aliphatic carbocycles. The van der Waals surface area contributed by atoms with Crippen LogP contribution < -0.4 is 20.1 Å². The minimum absolute atomic E-state index is 0.236. The summed E-state index contributed by atoms with van der Waals surface area (Å²) < 4.78 is 12.9. The van der Waals surface area contributed by atoms with Gasteiger partial charge in [0.2, 0.25) is 5.95 Å². The number of likely N-dealkylation sites (tertiary alicyclic amines) is 1. The number of hydrogen-bond donors (Lipinski definition) is 2. The topological polar surface area (TPSA) is 71.5 Å². The maximum absolute atomic E-state index is 6.23. The molecule has 1 fully saturated rings. The molecule has 7 nitrogen and oxygen atoms in total. The molecule has 1 saturated heterocycles. The standard InChI is InChI=1S/C25H30BrN5O2/c1-4-32-23-15-19(33-18-11-13-31(3)14-12-18)9-10-22(23)29-25-27-16-20(26)24(30-25)28-21-8-6-5-7-17(21)2/h5-10,15-16,18H,4,11-14H2,1-3H3,(H2,27,28,29,30). The SMILES string of the molecule is CCOc1cc(OC2CCN(C)CC2)ccc1Nc1ncc(Br)c(Nc2ccccc2C)n1. The van der Waals surface area contributed by atoms with Gasteiger partial charge in [0.15, 0.2) is 0 Å². The minimum Gasteiger partial charge on any atom is -0.492 e. The molecule has 8 heteroatoms. The van der Waals surface area contributed by atoms with E-state index in [1.165, 1.54) is 0 Å². The van der Waals surface area contributed by atoms with E-state index in [1.807, 2.05) is 43.3 Å². The lowest BCUT2D eigenvalue weighted by Gasteiger charge is -2.29. The number of para-hydroxylation sites is 1. The smallest absolute Gasteiger partial charge is 0.229 e. The molecule has 1 aliphatic rings. The molecular formula is C25H30BrN5O2. The first kappa shape index (κ1) is 23.3. The highest BCUT2D eigenvalue weighted by atomic mass is 79.9. The predicted molar refractivity (Wildman–Crippen MR) is 136 cm³/mol. The van der Waals surface area contributed by atoms with E-state index in [0.29, 0.717) is 24.1 Å². The number of aromatic nitrogens is 2. The number of halogens is 1. The lowest BCUT2D eigenvalue weighted by Crippen LogP contribution is -2.35. The quantitative estimate of drug-likeness (QED) is 0.389. The average molecular weight is 512 g/mol. The Balaban J connectivity index is 1.51. The summed E-state index contributed by atoms with van der Waals surface area (Å²) in [6, 6.07) is 13.9. The molecule has 33 heavy (non-hydrogen) atoms. The van der Waals surface area contributed by atoms with Gasteiger partial charge < -0.3 is 25.0 Å². The molecule has 0 radical (unpaired) electrons. The third-order valence-corrected chi connectivity index (χ3v) is 6.19. The average Bonchev–Trinajstić information content (AvgIpc) is 2.81. The first-order chi connectivity index (χ1) is 16.0. The third-order valence-electron chi connectivity index (χ3n) is 5.61. The molecule has 1 aromatic heterocycles. The van der Waals surface area contributed by atoms with Gasteiger partial charge >= 0.3 is 0 Å². The van der Waals surface area contributed by atoms with Crippen molar-refractivity contribution in [3.05, 3.63) is 58.7 Å². The van der Waals surface area contributed by atoms with Crippen LogP contribution in [0.25, 0.3) is 0 Å². The maximum atomic E-state index is 6.23. The lowest BCUT2D eigenvalue weighted by molar-refractivity contribution is 0.114. The number of benzene rings is 2. The molecule has 0 saturated carbocycles. The van der Waals surface area contributed by atoms with Gasteiger partial charge in [0.1, 0.15) is 23.4 Å². The van der Waals surface area contributed by atoms with Crippen molar-refractivity contribution in [3.8, 4) is 11.5 Å². The molecule has 0 spiro atoms. The number of nitrogens with one attached hydrogen (secondary N) is 2. The number of rotatable bonds is 8. The van der Waals surface area contributed by atoms with Crippen LogP contribution in [-0.4, -0.2) is 47.7 Å². The fourth-order valence-corrected chi connectivity index (χ4v) is 4.02. The third kappa shape index (κ3) is 6.15.